The molecule has 0 saturated carbocycles. The topological polar surface area (TPSA) is 60.0 Å². The number of carbonyl (C=O) groups is 1. The van der Waals surface area contributed by atoms with E-state index >= 15 is 0 Å². The smallest absolute Gasteiger partial charge is 0.238 e. The van der Waals surface area contributed by atoms with Crippen molar-refractivity contribution in [3.05, 3.63) is 69.9 Å². The highest BCUT2D eigenvalue weighted by atomic mass is 32.1. The molecule has 0 bridgehead atoms. The van der Waals surface area contributed by atoms with Crippen LogP contribution in [0.1, 0.15) is 22.0 Å². The molecule has 1 atom stereocenters. The van der Waals surface area contributed by atoms with Gasteiger partial charge < -0.3 is 19.5 Å². The molecule has 162 valence electrons. The summed E-state index contributed by atoms with van der Waals surface area (Å²) in [7, 11) is 4.66. The van der Waals surface area contributed by atoms with E-state index in [2.05, 4.69) is 33.8 Å². The molecular formula is C24H26N2O4S. The highest BCUT2D eigenvalue weighted by Gasteiger charge is 2.30. The van der Waals surface area contributed by atoms with Gasteiger partial charge in [-0.2, -0.15) is 0 Å². The molecule has 0 saturated heterocycles. The Labute approximate surface area is 186 Å². The molecule has 2 heterocycles. The summed E-state index contributed by atoms with van der Waals surface area (Å²) in [4.78, 5) is 16.6. The van der Waals surface area contributed by atoms with Gasteiger partial charge in [0.15, 0.2) is 11.5 Å². The maximum absolute atomic E-state index is 13.0. The van der Waals surface area contributed by atoms with E-state index in [-0.39, 0.29) is 18.5 Å². The Balaban J connectivity index is 1.55. The summed E-state index contributed by atoms with van der Waals surface area (Å²) in [6.45, 7) is 1.11. The van der Waals surface area contributed by atoms with Gasteiger partial charge in [0.1, 0.15) is 0 Å². The van der Waals surface area contributed by atoms with Crippen LogP contribution in [-0.4, -0.2) is 45.2 Å². The molecule has 1 aliphatic rings. The fourth-order valence-corrected chi connectivity index (χ4v) is 5.01. The minimum atomic E-state index is -0.0890. The third-order valence-corrected chi connectivity index (χ3v) is 6.47. The molecule has 1 aliphatic heterocycles. The van der Waals surface area contributed by atoms with E-state index in [1.165, 1.54) is 16.0 Å². The van der Waals surface area contributed by atoms with Gasteiger partial charge in [0.05, 0.1) is 33.9 Å². The van der Waals surface area contributed by atoms with Gasteiger partial charge in [-0.05, 0) is 29.0 Å². The highest BCUT2D eigenvalue weighted by molar-refractivity contribution is 7.10. The highest BCUT2D eigenvalue weighted by Crippen LogP contribution is 2.40. The van der Waals surface area contributed by atoms with Crippen LogP contribution in [0.2, 0.25) is 0 Å². The van der Waals surface area contributed by atoms with Crippen molar-refractivity contribution in [3.8, 4) is 17.2 Å². The average molecular weight is 439 g/mol. The number of anilines is 1. The van der Waals surface area contributed by atoms with Crippen molar-refractivity contribution in [2.45, 2.75) is 12.5 Å². The van der Waals surface area contributed by atoms with Gasteiger partial charge in [-0.3, -0.25) is 9.69 Å². The molecule has 2 aromatic carbocycles. The Kier molecular flexibility index (Phi) is 6.44. The van der Waals surface area contributed by atoms with Crippen LogP contribution in [0, 0.1) is 0 Å². The third-order valence-electron chi connectivity index (χ3n) is 5.48. The van der Waals surface area contributed by atoms with E-state index in [1.807, 2.05) is 18.2 Å². The zero-order valence-electron chi connectivity index (χ0n) is 17.9. The molecule has 0 fully saturated rings. The number of hydrogen-bond acceptors (Lipinski definition) is 6. The SMILES string of the molecule is COc1cc(NC(=O)CN2CCc3sccc3[C@@H]2c2ccccc2)cc(OC)c1OC. The summed E-state index contributed by atoms with van der Waals surface area (Å²) in [6.07, 6.45) is 0.952. The third kappa shape index (κ3) is 4.38. The predicted octanol–water partition coefficient (Wildman–Crippen LogP) is 4.36. The van der Waals surface area contributed by atoms with Crippen LogP contribution in [0.3, 0.4) is 0 Å². The minimum Gasteiger partial charge on any atom is -0.493 e. The lowest BCUT2D eigenvalue weighted by atomic mass is 9.93. The molecule has 6 nitrogen and oxygen atoms in total. The maximum Gasteiger partial charge on any atom is 0.238 e. The van der Waals surface area contributed by atoms with E-state index in [9.17, 15) is 4.79 Å². The van der Waals surface area contributed by atoms with Crippen LogP contribution in [0.5, 0.6) is 17.2 Å². The monoisotopic (exact) mass is 438 g/mol. The van der Waals surface area contributed by atoms with Crippen molar-refractivity contribution in [2.75, 3.05) is 39.7 Å². The van der Waals surface area contributed by atoms with E-state index in [0.29, 0.717) is 22.9 Å². The molecule has 0 aliphatic carbocycles. The van der Waals surface area contributed by atoms with Crippen molar-refractivity contribution >= 4 is 22.9 Å². The van der Waals surface area contributed by atoms with Crippen LogP contribution in [0.15, 0.2) is 53.9 Å². The second-order valence-electron chi connectivity index (χ2n) is 7.30. The van der Waals surface area contributed by atoms with E-state index in [1.54, 1.807) is 44.8 Å². The fourth-order valence-electron chi connectivity index (χ4n) is 4.10. The number of hydrogen-bond donors (Lipinski definition) is 1. The molecule has 3 aromatic rings. The molecule has 1 amide bonds. The lowest BCUT2D eigenvalue weighted by molar-refractivity contribution is -0.117. The van der Waals surface area contributed by atoms with E-state index in [0.717, 1.165) is 13.0 Å². The first kappa shape index (κ1) is 21.2. The van der Waals surface area contributed by atoms with Crippen molar-refractivity contribution in [2.24, 2.45) is 0 Å². The number of ether oxygens (including phenoxy) is 3. The number of amides is 1. The number of thiophene rings is 1. The number of benzene rings is 2. The Bertz CT molecular complexity index is 1030. The fraction of sp³-hybridized carbons (Fsp3) is 0.292. The van der Waals surface area contributed by atoms with Gasteiger partial charge >= 0.3 is 0 Å². The Hall–Kier alpha value is -3.03. The number of methoxy groups -OCH3 is 3. The van der Waals surface area contributed by atoms with Gasteiger partial charge in [0.25, 0.3) is 0 Å². The molecule has 7 heteroatoms. The zero-order valence-corrected chi connectivity index (χ0v) is 18.7. The lowest BCUT2D eigenvalue weighted by Crippen LogP contribution is -2.40. The van der Waals surface area contributed by atoms with Crippen LogP contribution in [0.4, 0.5) is 5.69 Å². The van der Waals surface area contributed by atoms with Gasteiger partial charge in [0.2, 0.25) is 11.7 Å². The molecular weight excluding hydrogens is 412 g/mol. The molecule has 0 radical (unpaired) electrons. The first-order chi connectivity index (χ1) is 15.1. The molecule has 0 unspecified atom stereocenters. The lowest BCUT2D eigenvalue weighted by Gasteiger charge is -2.35. The number of nitrogens with one attached hydrogen (secondary N) is 1. The first-order valence-electron chi connectivity index (χ1n) is 10.1. The standard InChI is InChI=1S/C24H26N2O4S/c1-28-19-13-17(14-20(29-2)24(19)30-3)25-22(27)15-26-11-9-21-18(10-12-31-21)23(26)16-7-5-4-6-8-16/h4-8,10,12-14,23H,9,11,15H2,1-3H3,(H,25,27)/t23-/m0/s1. The first-order valence-corrected chi connectivity index (χ1v) is 11.0. The predicted molar refractivity (Wildman–Crippen MR) is 123 cm³/mol. The summed E-state index contributed by atoms with van der Waals surface area (Å²) in [5.41, 5.74) is 3.09. The zero-order chi connectivity index (χ0) is 21.8. The van der Waals surface area contributed by atoms with Crippen molar-refractivity contribution in [1.29, 1.82) is 0 Å². The molecule has 1 aromatic heterocycles. The van der Waals surface area contributed by atoms with Crippen LogP contribution >= 0.6 is 11.3 Å². The largest absolute Gasteiger partial charge is 0.493 e. The van der Waals surface area contributed by atoms with Gasteiger partial charge in [-0.1, -0.05) is 30.3 Å². The van der Waals surface area contributed by atoms with Crippen LogP contribution in [-0.2, 0) is 11.2 Å². The van der Waals surface area contributed by atoms with Crippen molar-refractivity contribution in [1.82, 2.24) is 4.90 Å². The van der Waals surface area contributed by atoms with Gasteiger partial charge in [0, 0.05) is 29.2 Å². The van der Waals surface area contributed by atoms with Crippen molar-refractivity contribution < 1.29 is 19.0 Å². The summed E-state index contributed by atoms with van der Waals surface area (Å²) >= 11 is 1.79. The maximum atomic E-state index is 13.0. The second kappa shape index (κ2) is 9.41. The quantitative estimate of drug-likeness (QED) is 0.594. The van der Waals surface area contributed by atoms with Crippen molar-refractivity contribution in [3.63, 3.8) is 0 Å². The summed E-state index contributed by atoms with van der Waals surface area (Å²) in [5, 5.41) is 5.13. The normalized spacial score (nSPS) is 15.8. The second-order valence-corrected chi connectivity index (χ2v) is 8.30. The Morgan fingerprint density at radius 2 is 1.77 bits per heavy atom. The summed E-state index contributed by atoms with van der Waals surface area (Å²) < 4.78 is 16.1. The van der Waals surface area contributed by atoms with E-state index in [4.69, 9.17) is 14.2 Å². The number of rotatable bonds is 7. The van der Waals surface area contributed by atoms with Crippen LogP contribution < -0.4 is 19.5 Å². The van der Waals surface area contributed by atoms with E-state index < -0.39 is 0 Å². The number of nitrogens with zero attached hydrogens (tertiary/aromatic N) is 1. The molecule has 1 N–H and O–H groups in total. The number of fused-ring (bicyclic) bond motifs is 1. The summed E-state index contributed by atoms with van der Waals surface area (Å²) in [5.74, 6) is 1.41. The van der Waals surface area contributed by atoms with Crippen LogP contribution in [0.25, 0.3) is 0 Å². The molecule has 31 heavy (non-hydrogen) atoms. The Morgan fingerprint density at radius 3 is 2.42 bits per heavy atom. The summed E-state index contributed by atoms with van der Waals surface area (Å²) in [6, 6.07) is 16.1. The number of carbonyl (C=O) groups excluding carboxylic acids is 1. The molecule has 0 spiro atoms. The molecule has 4 rings (SSSR count). The average Bonchev–Trinajstić information content (AvgIpc) is 3.27. The minimum absolute atomic E-state index is 0.0712. The van der Waals surface area contributed by atoms with Gasteiger partial charge in [-0.15, -0.1) is 11.3 Å². The van der Waals surface area contributed by atoms with Gasteiger partial charge in [-0.25, -0.2) is 0 Å². The Morgan fingerprint density at radius 1 is 1.06 bits per heavy atom.